The Morgan fingerprint density at radius 3 is 1.30 bits per heavy atom. The summed E-state index contributed by atoms with van der Waals surface area (Å²) < 4.78 is 0. The van der Waals surface area contributed by atoms with Crippen molar-refractivity contribution in [3.05, 3.63) is 131 Å². The number of benzene rings is 4. The van der Waals surface area contributed by atoms with Crippen molar-refractivity contribution < 1.29 is 29.7 Å². The van der Waals surface area contributed by atoms with E-state index in [9.17, 15) is 9.59 Å². The van der Waals surface area contributed by atoms with Gasteiger partial charge in [0.25, 0.3) is 0 Å². The van der Waals surface area contributed by atoms with Crippen molar-refractivity contribution in [1.29, 1.82) is 0 Å². The predicted octanol–water partition coefficient (Wildman–Crippen LogP) is 9.19. The van der Waals surface area contributed by atoms with Gasteiger partial charge in [-0.15, -0.1) is 69.8 Å². The first-order chi connectivity index (χ1) is 20.6. The molecule has 6 aromatic rings. The number of rotatable bonds is 4. The van der Waals surface area contributed by atoms with Crippen molar-refractivity contribution in [2.75, 3.05) is 0 Å². The maximum Gasteiger partial charge on any atom is 0.137 e. The van der Waals surface area contributed by atoms with Crippen LogP contribution in [0.3, 0.4) is 0 Å². The summed E-state index contributed by atoms with van der Waals surface area (Å²) in [5.74, 6) is -0.125. The molecule has 0 aliphatic carbocycles. The number of fused-ring (bicyclic) bond motifs is 2. The van der Waals surface area contributed by atoms with Gasteiger partial charge < -0.3 is 0 Å². The van der Waals surface area contributed by atoms with Crippen molar-refractivity contribution in [1.82, 2.24) is 9.97 Å². The fourth-order valence-corrected chi connectivity index (χ4v) is 4.85. The Kier molecular flexibility index (Phi) is 12.4. The Morgan fingerprint density at radius 1 is 0.568 bits per heavy atom. The number of Topliss-reactive ketones (excluding diaryl/α,β-unsaturated/α-hetero) is 2. The molecule has 225 valence electrons. The van der Waals surface area contributed by atoms with Crippen LogP contribution in [-0.4, -0.2) is 21.5 Å². The summed E-state index contributed by atoms with van der Waals surface area (Å²) in [6.07, 6.45) is 0.0833. The molecule has 2 heterocycles. The Bertz CT molecular complexity index is 1730. The molecule has 0 fully saturated rings. The second-order valence-electron chi connectivity index (χ2n) is 10.9. The molecule has 1 radical (unpaired) electrons. The van der Waals surface area contributed by atoms with Crippen LogP contribution in [0.5, 0.6) is 0 Å². The fraction of sp³-hybridized carbons (Fsp3) is 0.179. The van der Waals surface area contributed by atoms with Crippen LogP contribution in [0.4, 0.5) is 0 Å². The van der Waals surface area contributed by atoms with Gasteiger partial charge in [0.1, 0.15) is 11.6 Å². The van der Waals surface area contributed by atoms with E-state index in [4.69, 9.17) is 9.97 Å². The first kappa shape index (κ1) is 34.2. The molecule has 0 saturated carbocycles. The van der Waals surface area contributed by atoms with Crippen LogP contribution in [0.2, 0.25) is 0 Å². The SMILES string of the molecule is CC(=O)CC(C)=O.Cc1[c-]c(-c2ccc3ccccc3n2)cc(C)c1.Cc1[c-]c(-c2ccc3ccccc3n2)cc(C)c1.[Ir]. The normalized spacial score (nSPS) is 10.1. The Morgan fingerprint density at radius 2 is 0.955 bits per heavy atom. The van der Waals surface area contributed by atoms with Crippen molar-refractivity contribution in [2.24, 2.45) is 0 Å². The molecular weight excluding hydrogens is 721 g/mol. The van der Waals surface area contributed by atoms with E-state index in [2.05, 4.69) is 100 Å². The Labute approximate surface area is 274 Å². The minimum atomic E-state index is -0.0625. The van der Waals surface area contributed by atoms with Gasteiger partial charge in [-0.3, -0.25) is 19.6 Å². The third-order valence-electron chi connectivity index (χ3n) is 6.54. The molecular formula is C39H36IrN2O2-2. The van der Waals surface area contributed by atoms with Gasteiger partial charge in [-0.25, -0.2) is 0 Å². The topological polar surface area (TPSA) is 59.9 Å². The molecule has 0 bridgehead atoms. The molecule has 0 saturated heterocycles. The molecule has 0 amide bonds. The van der Waals surface area contributed by atoms with Gasteiger partial charge in [-0.05, 0) is 48.1 Å². The second-order valence-corrected chi connectivity index (χ2v) is 10.9. The maximum atomic E-state index is 10.0. The summed E-state index contributed by atoms with van der Waals surface area (Å²) in [5.41, 5.74) is 11.0. The van der Waals surface area contributed by atoms with Crippen LogP contribution >= 0.6 is 0 Å². The number of nitrogens with zero attached hydrogens (tertiary/aromatic N) is 2. The van der Waals surface area contributed by atoms with Crippen LogP contribution < -0.4 is 0 Å². The molecule has 0 atom stereocenters. The van der Waals surface area contributed by atoms with Crippen LogP contribution in [0.15, 0.2) is 97.1 Å². The van der Waals surface area contributed by atoms with Crippen LogP contribution in [0.1, 0.15) is 42.5 Å². The van der Waals surface area contributed by atoms with E-state index in [-0.39, 0.29) is 38.1 Å². The molecule has 5 heteroatoms. The van der Waals surface area contributed by atoms with E-state index in [1.54, 1.807) is 0 Å². The molecule has 44 heavy (non-hydrogen) atoms. The zero-order chi connectivity index (χ0) is 30.9. The zero-order valence-corrected chi connectivity index (χ0v) is 28.4. The number of aromatic nitrogens is 2. The molecule has 0 N–H and O–H groups in total. The van der Waals surface area contributed by atoms with E-state index in [1.807, 2.05) is 36.4 Å². The number of hydrogen-bond acceptors (Lipinski definition) is 4. The minimum Gasteiger partial charge on any atom is -0.300 e. The van der Waals surface area contributed by atoms with Gasteiger partial charge in [0.15, 0.2) is 0 Å². The van der Waals surface area contributed by atoms with Crippen molar-refractivity contribution >= 4 is 33.4 Å². The summed E-state index contributed by atoms with van der Waals surface area (Å²) in [4.78, 5) is 29.5. The van der Waals surface area contributed by atoms with E-state index in [0.29, 0.717) is 0 Å². The third-order valence-corrected chi connectivity index (χ3v) is 6.54. The average Bonchev–Trinajstić information content (AvgIpc) is 2.95. The van der Waals surface area contributed by atoms with Crippen molar-refractivity contribution in [2.45, 2.75) is 48.0 Å². The first-order valence-electron chi connectivity index (χ1n) is 14.3. The summed E-state index contributed by atoms with van der Waals surface area (Å²) >= 11 is 0. The largest absolute Gasteiger partial charge is 0.300 e. The Hall–Kier alpha value is -4.31. The van der Waals surface area contributed by atoms with Gasteiger partial charge in [0.05, 0.1) is 17.5 Å². The molecule has 4 nitrogen and oxygen atoms in total. The van der Waals surface area contributed by atoms with E-state index in [0.717, 1.165) is 44.7 Å². The van der Waals surface area contributed by atoms with Crippen molar-refractivity contribution in [3.63, 3.8) is 0 Å². The number of carbonyl (C=O) groups is 2. The summed E-state index contributed by atoms with van der Waals surface area (Å²) in [6, 6.07) is 40.0. The molecule has 0 aliphatic rings. The first-order valence-corrected chi connectivity index (χ1v) is 14.3. The van der Waals surface area contributed by atoms with Gasteiger partial charge in [0.2, 0.25) is 0 Å². The van der Waals surface area contributed by atoms with Gasteiger partial charge in [-0.1, -0.05) is 88.4 Å². The predicted molar refractivity (Wildman–Crippen MR) is 177 cm³/mol. The maximum absolute atomic E-state index is 10.0. The number of aryl methyl sites for hydroxylation is 4. The number of pyridine rings is 2. The molecule has 0 unspecified atom stereocenters. The zero-order valence-electron chi connectivity index (χ0n) is 26.0. The van der Waals surface area contributed by atoms with Gasteiger partial charge in [0, 0.05) is 20.1 Å². The van der Waals surface area contributed by atoms with Crippen molar-refractivity contribution in [3.8, 4) is 22.5 Å². The van der Waals surface area contributed by atoms with Crippen LogP contribution in [0.25, 0.3) is 44.3 Å². The average molecular weight is 757 g/mol. The summed E-state index contributed by atoms with van der Waals surface area (Å²) in [6.45, 7) is 11.1. The Balaban J connectivity index is 0.000000196. The standard InChI is InChI=1S/2C17H14N.C5H8O2.Ir/c2*1-12-9-13(2)11-15(10-12)17-8-7-14-5-3-4-6-16(14)18-17;1-4(6)3-5(2)7;/h2*3-10H,1-2H3;3H2,1-2H3;/q2*-1;;. The number of carbonyl (C=O) groups excluding carboxylic acids is 2. The van der Waals surface area contributed by atoms with Gasteiger partial charge >= 0.3 is 0 Å². The third kappa shape index (κ3) is 9.87. The molecule has 6 rings (SSSR count). The molecule has 0 spiro atoms. The monoisotopic (exact) mass is 757 g/mol. The van der Waals surface area contributed by atoms with E-state index >= 15 is 0 Å². The van der Waals surface area contributed by atoms with Crippen LogP contribution in [0, 0.1) is 39.8 Å². The minimum absolute atomic E-state index is 0. The second kappa shape index (κ2) is 16.0. The number of para-hydroxylation sites is 2. The van der Waals surface area contributed by atoms with Gasteiger partial charge in [-0.2, -0.15) is 0 Å². The summed E-state index contributed by atoms with van der Waals surface area (Å²) in [5, 5.41) is 2.34. The fourth-order valence-electron chi connectivity index (χ4n) is 4.85. The number of hydrogen-bond donors (Lipinski definition) is 0. The van der Waals surface area contributed by atoms with E-state index in [1.165, 1.54) is 35.7 Å². The quantitative estimate of drug-likeness (QED) is 0.133. The molecule has 4 aromatic carbocycles. The summed E-state index contributed by atoms with van der Waals surface area (Å²) in [7, 11) is 0. The van der Waals surface area contributed by atoms with E-state index < -0.39 is 0 Å². The smallest absolute Gasteiger partial charge is 0.137 e. The van der Waals surface area contributed by atoms with Crippen LogP contribution in [-0.2, 0) is 29.7 Å². The molecule has 0 aliphatic heterocycles. The number of ketones is 2. The molecule has 2 aromatic heterocycles.